The number of hydrogen-bond donors (Lipinski definition) is 1. The molecule has 0 saturated carbocycles. The van der Waals surface area contributed by atoms with Crippen molar-refractivity contribution in [3.8, 4) is 0 Å². The predicted octanol–water partition coefficient (Wildman–Crippen LogP) is 2.58. The fraction of sp³-hybridized carbons (Fsp3) is 0.143. The molecule has 0 fully saturated rings. The maximum Gasteiger partial charge on any atom is 0.269 e. The van der Waals surface area contributed by atoms with E-state index in [0.717, 1.165) is 4.90 Å². The standard InChI is InChI=1S/C14H15N3OS/c1-17(13-5-3-4-10-15-13)16-14(18)11-6-8-12(19-2)9-7-11/h3-10H,1-2H3,(H,16,18). The van der Waals surface area contributed by atoms with Gasteiger partial charge >= 0.3 is 0 Å². The van der Waals surface area contributed by atoms with Crippen LogP contribution in [-0.4, -0.2) is 24.2 Å². The van der Waals surface area contributed by atoms with Gasteiger partial charge in [-0.15, -0.1) is 11.8 Å². The highest BCUT2D eigenvalue weighted by atomic mass is 32.2. The summed E-state index contributed by atoms with van der Waals surface area (Å²) in [5.41, 5.74) is 3.40. The van der Waals surface area contributed by atoms with Crippen LogP contribution in [0, 0.1) is 0 Å². The van der Waals surface area contributed by atoms with Gasteiger partial charge in [0.1, 0.15) is 5.82 Å². The SMILES string of the molecule is CSc1ccc(C(=O)NN(C)c2ccccn2)cc1. The Hall–Kier alpha value is -2.01. The zero-order valence-electron chi connectivity index (χ0n) is 10.8. The Kier molecular flexibility index (Phi) is 4.41. The number of anilines is 1. The summed E-state index contributed by atoms with van der Waals surface area (Å²) >= 11 is 1.65. The van der Waals surface area contributed by atoms with E-state index in [1.807, 2.05) is 48.7 Å². The Morgan fingerprint density at radius 3 is 2.53 bits per heavy atom. The van der Waals surface area contributed by atoms with Crippen molar-refractivity contribution in [2.75, 3.05) is 18.3 Å². The second-order valence-electron chi connectivity index (χ2n) is 3.92. The molecule has 2 rings (SSSR count). The molecule has 1 aromatic heterocycles. The highest BCUT2D eigenvalue weighted by Gasteiger charge is 2.08. The summed E-state index contributed by atoms with van der Waals surface area (Å²) in [4.78, 5) is 17.3. The van der Waals surface area contributed by atoms with E-state index in [2.05, 4.69) is 10.4 Å². The molecule has 0 aliphatic carbocycles. The van der Waals surface area contributed by atoms with E-state index in [-0.39, 0.29) is 5.91 Å². The number of aromatic nitrogens is 1. The molecule has 5 heteroatoms. The molecule has 0 radical (unpaired) electrons. The van der Waals surface area contributed by atoms with Gasteiger partial charge < -0.3 is 0 Å². The summed E-state index contributed by atoms with van der Waals surface area (Å²) in [6.07, 6.45) is 3.69. The van der Waals surface area contributed by atoms with Crippen molar-refractivity contribution in [2.45, 2.75) is 4.90 Å². The van der Waals surface area contributed by atoms with E-state index >= 15 is 0 Å². The molecule has 1 amide bonds. The Labute approximate surface area is 116 Å². The topological polar surface area (TPSA) is 45.2 Å². The number of carbonyl (C=O) groups excluding carboxylic acids is 1. The van der Waals surface area contributed by atoms with E-state index in [4.69, 9.17) is 0 Å². The largest absolute Gasteiger partial charge is 0.271 e. The molecule has 0 saturated heterocycles. The van der Waals surface area contributed by atoms with Crippen molar-refractivity contribution < 1.29 is 4.79 Å². The number of benzene rings is 1. The van der Waals surface area contributed by atoms with Crippen molar-refractivity contribution in [1.29, 1.82) is 0 Å². The lowest BCUT2D eigenvalue weighted by molar-refractivity contribution is 0.0951. The first-order valence-corrected chi connectivity index (χ1v) is 7.03. The minimum absolute atomic E-state index is 0.152. The maximum absolute atomic E-state index is 12.0. The first-order valence-electron chi connectivity index (χ1n) is 5.80. The van der Waals surface area contributed by atoms with Crippen molar-refractivity contribution >= 4 is 23.5 Å². The third kappa shape index (κ3) is 3.48. The average Bonchev–Trinajstić information content (AvgIpc) is 2.48. The molecule has 0 atom stereocenters. The minimum Gasteiger partial charge on any atom is -0.271 e. The highest BCUT2D eigenvalue weighted by molar-refractivity contribution is 7.98. The normalized spacial score (nSPS) is 10.0. The fourth-order valence-electron chi connectivity index (χ4n) is 1.57. The van der Waals surface area contributed by atoms with Crippen LogP contribution in [0.15, 0.2) is 53.6 Å². The maximum atomic E-state index is 12.0. The molecular formula is C14H15N3OS. The van der Waals surface area contributed by atoms with Crippen LogP contribution >= 0.6 is 11.8 Å². The third-order valence-electron chi connectivity index (χ3n) is 2.61. The monoisotopic (exact) mass is 273 g/mol. The van der Waals surface area contributed by atoms with E-state index in [1.165, 1.54) is 0 Å². The lowest BCUT2D eigenvalue weighted by atomic mass is 10.2. The van der Waals surface area contributed by atoms with Gasteiger partial charge in [0, 0.05) is 23.7 Å². The molecule has 1 aromatic carbocycles. The van der Waals surface area contributed by atoms with Crippen LogP contribution in [0.25, 0.3) is 0 Å². The number of pyridine rings is 1. The molecule has 0 aliphatic heterocycles. The summed E-state index contributed by atoms with van der Waals surface area (Å²) < 4.78 is 0. The molecule has 98 valence electrons. The molecule has 0 aliphatic rings. The highest BCUT2D eigenvalue weighted by Crippen LogP contribution is 2.15. The third-order valence-corrected chi connectivity index (χ3v) is 3.36. The molecule has 0 bridgehead atoms. The van der Waals surface area contributed by atoms with Crippen LogP contribution in [0.2, 0.25) is 0 Å². The van der Waals surface area contributed by atoms with Crippen LogP contribution in [0.1, 0.15) is 10.4 Å². The molecule has 0 spiro atoms. The minimum atomic E-state index is -0.152. The molecule has 1 N–H and O–H groups in total. The molecule has 19 heavy (non-hydrogen) atoms. The summed E-state index contributed by atoms with van der Waals surface area (Å²) in [5.74, 6) is 0.539. The predicted molar refractivity (Wildman–Crippen MR) is 78.3 cm³/mol. The molecule has 0 unspecified atom stereocenters. The van der Waals surface area contributed by atoms with E-state index in [0.29, 0.717) is 11.4 Å². The number of nitrogens with zero attached hydrogens (tertiary/aromatic N) is 2. The van der Waals surface area contributed by atoms with Gasteiger partial charge in [-0.1, -0.05) is 6.07 Å². The number of hydrogen-bond acceptors (Lipinski definition) is 4. The van der Waals surface area contributed by atoms with E-state index < -0.39 is 0 Å². The first kappa shape index (κ1) is 13.4. The number of nitrogens with one attached hydrogen (secondary N) is 1. The quantitative estimate of drug-likeness (QED) is 0.687. The Morgan fingerprint density at radius 1 is 1.21 bits per heavy atom. The van der Waals surface area contributed by atoms with Gasteiger partial charge in [-0.2, -0.15) is 0 Å². The van der Waals surface area contributed by atoms with Crippen molar-refractivity contribution in [3.05, 3.63) is 54.2 Å². The van der Waals surface area contributed by atoms with Crippen molar-refractivity contribution in [2.24, 2.45) is 0 Å². The number of hydrazine groups is 1. The number of carbonyl (C=O) groups is 1. The molecule has 2 aromatic rings. The second kappa shape index (κ2) is 6.24. The Bertz CT molecular complexity index is 542. The number of rotatable bonds is 4. The summed E-state index contributed by atoms with van der Waals surface area (Å²) in [6, 6.07) is 13.0. The Balaban J connectivity index is 2.04. The molecule has 1 heterocycles. The fourth-order valence-corrected chi connectivity index (χ4v) is 1.98. The van der Waals surface area contributed by atoms with Crippen LogP contribution in [0.3, 0.4) is 0 Å². The van der Waals surface area contributed by atoms with Crippen molar-refractivity contribution in [1.82, 2.24) is 10.4 Å². The van der Waals surface area contributed by atoms with E-state index in [1.54, 1.807) is 30.0 Å². The van der Waals surface area contributed by atoms with Crippen LogP contribution in [0.4, 0.5) is 5.82 Å². The van der Waals surface area contributed by atoms with Crippen LogP contribution < -0.4 is 10.4 Å². The zero-order chi connectivity index (χ0) is 13.7. The van der Waals surface area contributed by atoms with Gasteiger partial charge in [0.25, 0.3) is 5.91 Å². The van der Waals surface area contributed by atoms with Gasteiger partial charge in [-0.05, 0) is 42.7 Å². The summed E-state index contributed by atoms with van der Waals surface area (Å²) in [5, 5.41) is 1.60. The lowest BCUT2D eigenvalue weighted by Crippen LogP contribution is -2.39. The van der Waals surface area contributed by atoms with Crippen LogP contribution in [-0.2, 0) is 0 Å². The number of amides is 1. The Morgan fingerprint density at radius 2 is 1.95 bits per heavy atom. The van der Waals surface area contributed by atoms with Crippen molar-refractivity contribution in [3.63, 3.8) is 0 Å². The first-order chi connectivity index (χ1) is 9.20. The van der Waals surface area contributed by atoms with Gasteiger partial charge in [0.15, 0.2) is 0 Å². The van der Waals surface area contributed by atoms with Crippen LogP contribution in [0.5, 0.6) is 0 Å². The molecular weight excluding hydrogens is 258 g/mol. The van der Waals surface area contributed by atoms with E-state index in [9.17, 15) is 4.79 Å². The van der Waals surface area contributed by atoms with Gasteiger partial charge in [0.05, 0.1) is 0 Å². The summed E-state index contributed by atoms with van der Waals surface area (Å²) in [6.45, 7) is 0. The smallest absolute Gasteiger partial charge is 0.269 e. The second-order valence-corrected chi connectivity index (χ2v) is 4.80. The molecule has 4 nitrogen and oxygen atoms in total. The lowest BCUT2D eigenvalue weighted by Gasteiger charge is -2.18. The zero-order valence-corrected chi connectivity index (χ0v) is 11.6. The number of thioether (sulfide) groups is 1. The summed E-state index contributed by atoms with van der Waals surface area (Å²) in [7, 11) is 1.76. The van der Waals surface area contributed by atoms with Gasteiger partial charge in [-0.3, -0.25) is 15.2 Å². The van der Waals surface area contributed by atoms with Gasteiger partial charge in [0.2, 0.25) is 0 Å². The van der Waals surface area contributed by atoms with Gasteiger partial charge in [-0.25, -0.2) is 4.98 Å². The average molecular weight is 273 g/mol.